The van der Waals surface area contributed by atoms with Gasteiger partial charge in [-0.1, -0.05) is 15.9 Å². The Hall–Kier alpha value is -1.07. The van der Waals surface area contributed by atoms with Gasteiger partial charge in [-0.25, -0.2) is 4.79 Å². The SMILES string of the molecule is COC(=O)C1(Nc2ccc(Br)cc2)CCCC(OC)C1. The molecule has 1 aliphatic rings. The maximum atomic E-state index is 12.3. The average Bonchev–Trinajstić information content (AvgIpc) is 2.49. The molecule has 2 unspecified atom stereocenters. The van der Waals surface area contributed by atoms with Crippen LogP contribution in [0.5, 0.6) is 0 Å². The number of nitrogens with one attached hydrogen (secondary N) is 1. The zero-order valence-corrected chi connectivity index (χ0v) is 13.4. The summed E-state index contributed by atoms with van der Waals surface area (Å²) in [6.45, 7) is 0. The molecule has 1 aromatic carbocycles. The lowest BCUT2D eigenvalue weighted by molar-refractivity contribution is -0.149. The van der Waals surface area contributed by atoms with Crippen molar-refractivity contribution in [3.8, 4) is 0 Å². The van der Waals surface area contributed by atoms with Crippen LogP contribution in [0.25, 0.3) is 0 Å². The normalized spacial score (nSPS) is 26.1. The molecule has 1 fully saturated rings. The Morgan fingerprint density at radius 2 is 2.05 bits per heavy atom. The molecule has 5 heteroatoms. The van der Waals surface area contributed by atoms with Gasteiger partial charge in [-0.2, -0.15) is 0 Å². The fourth-order valence-corrected chi connectivity index (χ4v) is 3.04. The second kappa shape index (κ2) is 6.59. The molecule has 0 heterocycles. The van der Waals surface area contributed by atoms with E-state index in [-0.39, 0.29) is 12.1 Å². The van der Waals surface area contributed by atoms with Crippen molar-refractivity contribution in [2.45, 2.75) is 37.3 Å². The first-order chi connectivity index (χ1) is 9.59. The summed E-state index contributed by atoms with van der Waals surface area (Å²) in [5.41, 5.74) is 0.219. The number of methoxy groups -OCH3 is 2. The van der Waals surface area contributed by atoms with E-state index in [0.29, 0.717) is 6.42 Å². The number of ether oxygens (including phenoxy) is 2. The molecule has 0 amide bonds. The van der Waals surface area contributed by atoms with Crippen molar-refractivity contribution in [1.29, 1.82) is 0 Å². The maximum Gasteiger partial charge on any atom is 0.331 e. The molecule has 0 aliphatic heterocycles. The molecule has 2 atom stereocenters. The molecule has 1 N–H and O–H groups in total. The van der Waals surface area contributed by atoms with E-state index >= 15 is 0 Å². The van der Waals surface area contributed by atoms with Gasteiger partial charge in [0.2, 0.25) is 0 Å². The van der Waals surface area contributed by atoms with Crippen molar-refractivity contribution in [2.24, 2.45) is 0 Å². The topological polar surface area (TPSA) is 47.6 Å². The highest BCUT2D eigenvalue weighted by Gasteiger charge is 2.44. The number of hydrogen-bond acceptors (Lipinski definition) is 4. The first-order valence-electron chi connectivity index (χ1n) is 6.74. The molecule has 0 aromatic heterocycles. The first-order valence-corrected chi connectivity index (χ1v) is 7.54. The molecule has 20 heavy (non-hydrogen) atoms. The second-order valence-electron chi connectivity index (χ2n) is 5.16. The summed E-state index contributed by atoms with van der Waals surface area (Å²) in [5, 5.41) is 3.36. The van der Waals surface area contributed by atoms with Gasteiger partial charge in [0, 0.05) is 23.7 Å². The van der Waals surface area contributed by atoms with Crippen molar-refractivity contribution in [2.75, 3.05) is 19.5 Å². The Labute approximate surface area is 128 Å². The summed E-state index contributed by atoms with van der Waals surface area (Å²) in [6.07, 6.45) is 3.40. The van der Waals surface area contributed by atoms with E-state index in [1.54, 1.807) is 7.11 Å². The molecule has 0 spiro atoms. The van der Waals surface area contributed by atoms with Crippen LogP contribution in [0.3, 0.4) is 0 Å². The number of hydrogen-bond donors (Lipinski definition) is 1. The largest absolute Gasteiger partial charge is 0.467 e. The van der Waals surface area contributed by atoms with Gasteiger partial charge in [-0.3, -0.25) is 0 Å². The third-order valence-electron chi connectivity index (χ3n) is 3.84. The van der Waals surface area contributed by atoms with Crippen molar-refractivity contribution in [3.63, 3.8) is 0 Å². The van der Waals surface area contributed by atoms with Crippen LogP contribution in [0, 0.1) is 0 Å². The van der Waals surface area contributed by atoms with E-state index in [9.17, 15) is 4.79 Å². The number of carbonyl (C=O) groups is 1. The quantitative estimate of drug-likeness (QED) is 0.853. The predicted molar refractivity (Wildman–Crippen MR) is 81.8 cm³/mol. The van der Waals surface area contributed by atoms with Gasteiger partial charge in [-0.15, -0.1) is 0 Å². The van der Waals surface area contributed by atoms with Crippen LogP contribution in [0.15, 0.2) is 28.7 Å². The molecule has 1 aromatic rings. The Morgan fingerprint density at radius 3 is 2.65 bits per heavy atom. The van der Waals surface area contributed by atoms with E-state index in [1.807, 2.05) is 24.3 Å². The number of benzene rings is 1. The molecule has 4 nitrogen and oxygen atoms in total. The minimum atomic E-state index is -0.693. The number of rotatable bonds is 4. The van der Waals surface area contributed by atoms with Crippen LogP contribution in [0.2, 0.25) is 0 Å². The van der Waals surface area contributed by atoms with Gasteiger partial charge in [0.1, 0.15) is 5.54 Å². The smallest absolute Gasteiger partial charge is 0.331 e. The van der Waals surface area contributed by atoms with Crippen molar-refractivity contribution in [1.82, 2.24) is 0 Å². The van der Waals surface area contributed by atoms with E-state index in [0.717, 1.165) is 29.4 Å². The minimum Gasteiger partial charge on any atom is -0.467 e. The fraction of sp³-hybridized carbons (Fsp3) is 0.533. The van der Waals surface area contributed by atoms with Crippen molar-refractivity contribution >= 4 is 27.6 Å². The zero-order chi connectivity index (χ0) is 14.6. The highest BCUT2D eigenvalue weighted by Crippen LogP contribution is 2.34. The average molecular weight is 342 g/mol. The third kappa shape index (κ3) is 3.33. The summed E-state index contributed by atoms with van der Waals surface area (Å²) in [5.74, 6) is -0.220. The lowest BCUT2D eigenvalue weighted by Crippen LogP contribution is -2.52. The Balaban J connectivity index is 2.22. The maximum absolute atomic E-state index is 12.3. The first kappa shape index (κ1) is 15.3. The van der Waals surface area contributed by atoms with E-state index < -0.39 is 5.54 Å². The van der Waals surface area contributed by atoms with Gasteiger partial charge in [0.15, 0.2) is 0 Å². The lowest BCUT2D eigenvalue weighted by atomic mass is 9.79. The Morgan fingerprint density at radius 1 is 1.35 bits per heavy atom. The number of carbonyl (C=O) groups excluding carboxylic acids is 1. The number of halogens is 1. The summed E-state index contributed by atoms with van der Waals surface area (Å²) in [7, 11) is 3.13. The molecule has 0 bridgehead atoms. The number of esters is 1. The van der Waals surface area contributed by atoms with E-state index in [4.69, 9.17) is 9.47 Å². The minimum absolute atomic E-state index is 0.0887. The third-order valence-corrected chi connectivity index (χ3v) is 4.37. The van der Waals surface area contributed by atoms with Crippen molar-refractivity contribution < 1.29 is 14.3 Å². The van der Waals surface area contributed by atoms with Gasteiger partial charge in [0.05, 0.1) is 13.2 Å². The Bertz CT molecular complexity index is 463. The molecule has 0 radical (unpaired) electrons. The van der Waals surface area contributed by atoms with Crippen LogP contribution < -0.4 is 5.32 Å². The van der Waals surface area contributed by atoms with E-state index in [1.165, 1.54) is 7.11 Å². The van der Waals surface area contributed by atoms with Crippen LogP contribution in [0.4, 0.5) is 5.69 Å². The second-order valence-corrected chi connectivity index (χ2v) is 6.08. The summed E-state index contributed by atoms with van der Waals surface area (Å²) >= 11 is 3.41. The van der Waals surface area contributed by atoms with Gasteiger partial charge >= 0.3 is 5.97 Å². The molecular formula is C15H20BrNO3. The summed E-state index contributed by atoms with van der Waals surface area (Å²) in [4.78, 5) is 12.3. The number of anilines is 1. The standard InChI is InChI=1S/C15H20BrNO3/c1-19-13-4-3-9-15(10-13,14(18)20-2)17-12-7-5-11(16)6-8-12/h5-8,13,17H,3-4,9-10H2,1-2H3. The lowest BCUT2D eigenvalue weighted by Gasteiger charge is -2.39. The Kier molecular flexibility index (Phi) is 5.05. The van der Waals surface area contributed by atoms with Crippen LogP contribution in [-0.2, 0) is 14.3 Å². The van der Waals surface area contributed by atoms with Crippen molar-refractivity contribution in [3.05, 3.63) is 28.7 Å². The molecular weight excluding hydrogens is 322 g/mol. The highest BCUT2D eigenvalue weighted by atomic mass is 79.9. The van der Waals surface area contributed by atoms with Gasteiger partial charge in [0.25, 0.3) is 0 Å². The molecule has 1 saturated carbocycles. The van der Waals surface area contributed by atoms with Gasteiger partial charge < -0.3 is 14.8 Å². The monoisotopic (exact) mass is 341 g/mol. The zero-order valence-electron chi connectivity index (χ0n) is 11.8. The molecule has 110 valence electrons. The highest BCUT2D eigenvalue weighted by molar-refractivity contribution is 9.10. The van der Waals surface area contributed by atoms with Crippen LogP contribution >= 0.6 is 15.9 Å². The fourth-order valence-electron chi connectivity index (χ4n) is 2.78. The predicted octanol–water partition coefficient (Wildman–Crippen LogP) is 3.36. The van der Waals surface area contributed by atoms with Gasteiger partial charge in [-0.05, 0) is 43.5 Å². The molecule has 2 rings (SSSR count). The summed E-state index contributed by atoms with van der Waals surface area (Å²) < 4.78 is 11.5. The van der Waals surface area contributed by atoms with Crippen LogP contribution in [-0.4, -0.2) is 31.8 Å². The molecule has 0 saturated heterocycles. The van der Waals surface area contributed by atoms with Crippen LogP contribution in [0.1, 0.15) is 25.7 Å². The van der Waals surface area contributed by atoms with E-state index in [2.05, 4.69) is 21.2 Å². The molecule has 1 aliphatic carbocycles. The summed E-state index contributed by atoms with van der Waals surface area (Å²) in [6, 6.07) is 7.80.